The maximum Gasteiger partial charge on any atom is 0.317 e. The average Bonchev–Trinajstić information content (AvgIpc) is 2.56. The zero-order valence-corrected chi connectivity index (χ0v) is 16.8. The van der Waals surface area contributed by atoms with Crippen LogP contribution in [0.15, 0.2) is 24.3 Å². The number of hydrogen-bond donors (Lipinski definition) is 1. The van der Waals surface area contributed by atoms with Crippen LogP contribution >= 0.6 is 0 Å². The molecule has 0 heterocycles. The van der Waals surface area contributed by atoms with E-state index in [2.05, 4.69) is 0 Å². The van der Waals surface area contributed by atoms with Gasteiger partial charge in [-0.2, -0.15) is 0 Å². The molecule has 0 unspecified atom stereocenters. The van der Waals surface area contributed by atoms with Crippen LogP contribution < -0.4 is 0 Å². The van der Waals surface area contributed by atoms with Crippen LogP contribution in [0.4, 0.5) is 4.39 Å². The Morgan fingerprint density at radius 2 is 1.57 bits per heavy atom. The molecule has 4 atom stereocenters. The van der Waals surface area contributed by atoms with Crippen LogP contribution in [0.3, 0.4) is 0 Å². The number of aliphatic hydroxyl groups is 1. The summed E-state index contributed by atoms with van der Waals surface area (Å²) in [6, 6.07) is 5.25. The smallest absolute Gasteiger partial charge is 0.317 e. The molecule has 0 aromatic heterocycles. The molecule has 0 spiro atoms. The van der Waals surface area contributed by atoms with Gasteiger partial charge in [0.15, 0.2) is 5.78 Å². The first-order valence-electron chi connectivity index (χ1n) is 9.37. The van der Waals surface area contributed by atoms with Crippen molar-refractivity contribution in [2.24, 2.45) is 11.8 Å². The molecule has 0 aliphatic heterocycles. The molecule has 0 radical (unpaired) electrons. The monoisotopic (exact) mass is 394 g/mol. The Bertz CT molecular complexity index is 738. The zero-order chi connectivity index (χ0) is 21.2. The summed E-state index contributed by atoms with van der Waals surface area (Å²) in [6.45, 7) is 7.92. The van der Waals surface area contributed by atoms with Crippen LogP contribution in [0.1, 0.15) is 52.5 Å². The standard InChI is InChI=1S/C21H27FO6/c1-11(2)27-19(24)15-10-21(5,26)18(23)17(20(25)28-12(3)4)16(15)13-6-8-14(22)9-7-13/h6-9,11-12,15-17,26H,10H2,1-5H3/t15-,16-,17-,21-/m1/s1. The number of Topliss-reactive ketones (excluding diaryl/α,β-unsaturated/α-hetero) is 1. The molecule has 1 aromatic carbocycles. The minimum Gasteiger partial charge on any atom is -0.463 e. The van der Waals surface area contributed by atoms with Gasteiger partial charge in [0.1, 0.15) is 17.3 Å². The molecule has 28 heavy (non-hydrogen) atoms. The number of carbonyl (C=O) groups is 3. The first-order valence-corrected chi connectivity index (χ1v) is 9.37. The Morgan fingerprint density at radius 3 is 2.07 bits per heavy atom. The fraction of sp³-hybridized carbons (Fsp3) is 0.571. The molecule has 0 bridgehead atoms. The molecule has 154 valence electrons. The molecule has 2 rings (SSSR count). The molecule has 1 saturated carbocycles. The molecule has 0 amide bonds. The average molecular weight is 394 g/mol. The predicted octanol–water partition coefficient (Wildman–Crippen LogP) is 2.77. The van der Waals surface area contributed by atoms with E-state index in [1.807, 2.05) is 0 Å². The molecule has 7 heteroatoms. The van der Waals surface area contributed by atoms with Crippen molar-refractivity contribution in [3.05, 3.63) is 35.6 Å². The van der Waals surface area contributed by atoms with Crippen LogP contribution in [0.25, 0.3) is 0 Å². The van der Waals surface area contributed by atoms with Gasteiger partial charge in [0.2, 0.25) is 0 Å². The molecule has 1 fully saturated rings. The highest BCUT2D eigenvalue weighted by molar-refractivity contribution is 6.06. The summed E-state index contributed by atoms with van der Waals surface area (Å²) in [7, 11) is 0. The van der Waals surface area contributed by atoms with E-state index < -0.39 is 59.1 Å². The van der Waals surface area contributed by atoms with Crippen LogP contribution in [-0.4, -0.2) is 40.6 Å². The summed E-state index contributed by atoms with van der Waals surface area (Å²) < 4.78 is 24.0. The van der Waals surface area contributed by atoms with Crippen molar-refractivity contribution in [3.63, 3.8) is 0 Å². The minimum atomic E-state index is -1.89. The molecule has 1 aromatic rings. The Morgan fingerprint density at radius 1 is 1.07 bits per heavy atom. The summed E-state index contributed by atoms with van der Waals surface area (Å²) in [5.74, 6) is -5.95. The van der Waals surface area contributed by atoms with Crippen LogP contribution in [0.5, 0.6) is 0 Å². The highest BCUT2D eigenvalue weighted by Gasteiger charge is 2.56. The van der Waals surface area contributed by atoms with Gasteiger partial charge in [-0.1, -0.05) is 12.1 Å². The summed E-state index contributed by atoms with van der Waals surface area (Å²) in [5, 5.41) is 10.6. The molecule has 6 nitrogen and oxygen atoms in total. The second-order valence-corrected chi connectivity index (χ2v) is 7.98. The van der Waals surface area contributed by atoms with E-state index in [4.69, 9.17) is 9.47 Å². The molecular weight excluding hydrogens is 367 g/mol. The molecule has 1 aliphatic rings. The van der Waals surface area contributed by atoms with E-state index in [9.17, 15) is 23.9 Å². The Balaban J connectivity index is 2.57. The lowest BCUT2D eigenvalue weighted by Gasteiger charge is -2.42. The maximum absolute atomic E-state index is 13.4. The van der Waals surface area contributed by atoms with E-state index in [0.717, 1.165) is 0 Å². The molecular formula is C21H27FO6. The lowest BCUT2D eigenvalue weighted by Crippen LogP contribution is -2.55. The van der Waals surface area contributed by atoms with E-state index in [-0.39, 0.29) is 6.42 Å². The Hall–Kier alpha value is -2.28. The molecule has 1 aliphatic carbocycles. The van der Waals surface area contributed by atoms with Gasteiger partial charge in [-0.15, -0.1) is 0 Å². The summed E-state index contributed by atoms with van der Waals surface area (Å²) in [6.07, 6.45) is -1.10. The summed E-state index contributed by atoms with van der Waals surface area (Å²) in [4.78, 5) is 38.5. The van der Waals surface area contributed by atoms with Gasteiger partial charge in [-0.25, -0.2) is 4.39 Å². The van der Waals surface area contributed by atoms with Crippen molar-refractivity contribution >= 4 is 17.7 Å². The minimum absolute atomic E-state index is 0.203. The van der Waals surface area contributed by atoms with Gasteiger partial charge >= 0.3 is 11.9 Å². The maximum atomic E-state index is 13.4. The third-order valence-corrected chi connectivity index (χ3v) is 4.74. The number of rotatable bonds is 5. The highest BCUT2D eigenvalue weighted by Crippen LogP contribution is 2.45. The Labute approximate surface area is 164 Å². The van der Waals surface area contributed by atoms with E-state index in [1.54, 1.807) is 27.7 Å². The van der Waals surface area contributed by atoms with Crippen molar-refractivity contribution in [3.8, 4) is 0 Å². The van der Waals surface area contributed by atoms with Gasteiger partial charge in [0, 0.05) is 5.92 Å². The molecule has 1 N–H and O–H groups in total. The second-order valence-electron chi connectivity index (χ2n) is 7.98. The van der Waals surface area contributed by atoms with Gasteiger partial charge in [0.05, 0.1) is 18.1 Å². The lowest BCUT2D eigenvalue weighted by molar-refractivity contribution is -0.173. The third kappa shape index (κ3) is 4.76. The van der Waals surface area contributed by atoms with Crippen LogP contribution in [0.2, 0.25) is 0 Å². The first-order chi connectivity index (χ1) is 12.9. The van der Waals surface area contributed by atoms with Crippen molar-refractivity contribution in [1.29, 1.82) is 0 Å². The van der Waals surface area contributed by atoms with Crippen LogP contribution in [0, 0.1) is 17.7 Å². The number of ketones is 1. The first kappa shape index (κ1) is 22.0. The van der Waals surface area contributed by atoms with E-state index in [1.165, 1.54) is 31.2 Å². The zero-order valence-electron chi connectivity index (χ0n) is 16.8. The van der Waals surface area contributed by atoms with Crippen molar-refractivity contribution in [2.45, 2.75) is 64.8 Å². The van der Waals surface area contributed by atoms with Crippen molar-refractivity contribution in [2.75, 3.05) is 0 Å². The highest BCUT2D eigenvalue weighted by atomic mass is 19.1. The van der Waals surface area contributed by atoms with Gasteiger partial charge in [-0.05, 0) is 58.7 Å². The molecule has 0 saturated heterocycles. The second kappa shape index (κ2) is 8.39. The Kier molecular flexibility index (Phi) is 6.59. The number of hydrogen-bond acceptors (Lipinski definition) is 6. The third-order valence-electron chi connectivity index (χ3n) is 4.74. The topological polar surface area (TPSA) is 89.9 Å². The fourth-order valence-electron chi connectivity index (χ4n) is 3.60. The lowest BCUT2D eigenvalue weighted by atomic mass is 9.63. The normalized spacial score (nSPS) is 27.8. The van der Waals surface area contributed by atoms with Crippen LogP contribution in [-0.2, 0) is 23.9 Å². The number of ether oxygens (including phenoxy) is 2. The van der Waals surface area contributed by atoms with Crippen molar-refractivity contribution in [1.82, 2.24) is 0 Å². The predicted molar refractivity (Wildman–Crippen MR) is 98.8 cm³/mol. The van der Waals surface area contributed by atoms with Gasteiger partial charge in [-0.3, -0.25) is 14.4 Å². The van der Waals surface area contributed by atoms with Crippen molar-refractivity contribution < 1.29 is 33.4 Å². The quantitative estimate of drug-likeness (QED) is 0.610. The van der Waals surface area contributed by atoms with E-state index >= 15 is 0 Å². The van der Waals surface area contributed by atoms with Gasteiger partial charge < -0.3 is 14.6 Å². The number of carbonyl (C=O) groups excluding carboxylic acids is 3. The van der Waals surface area contributed by atoms with E-state index in [0.29, 0.717) is 5.56 Å². The number of esters is 2. The SMILES string of the molecule is CC(C)OC(=O)[C@H]1C(=O)[C@](C)(O)C[C@@H](C(=O)OC(C)C)[C@H]1c1ccc(F)cc1. The summed E-state index contributed by atoms with van der Waals surface area (Å²) >= 11 is 0. The summed E-state index contributed by atoms with van der Waals surface area (Å²) in [5.41, 5.74) is -1.46. The van der Waals surface area contributed by atoms with Gasteiger partial charge in [0.25, 0.3) is 0 Å². The number of halogens is 1. The largest absolute Gasteiger partial charge is 0.463 e. The number of benzene rings is 1. The fourth-order valence-corrected chi connectivity index (χ4v) is 3.60.